The Kier molecular flexibility index (Phi) is 10.6. The quantitative estimate of drug-likeness (QED) is 0.282. The fraction of sp³-hybridized carbons (Fsp3) is 0.455. The van der Waals surface area contributed by atoms with Gasteiger partial charge in [-0.1, -0.05) is 51.1 Å². The summed E-state index contributed by atoms with van der Waals surface area (Å²) in [7, 11) is -4.01. The molecule has 44 heavy (non-hydrogen) atoms. The van der Waals surface area contributed by atoms with Gasteiger partial charge in [-0.25, -0.2) is 22.9 Å². The fourth-order valence-corrected chi connectivity index (χ4v) is 5.38. The summed E-state index contributed by atoms with van der Waals surface area (Å²) in [5, 5.41) is 0. The molecule has 0 saturated carbocycles. The maximum absolute atomic E-state index is 13.5. The highest BCUT2D eigenvalue weighted by Gasteiger charge is 2.30. The lowest BCUT2D eigenvalue weighted by molar-refractivity contribution is -0.153. The number of esters is 1. The highest BCUT2D eigenvalue weighted by Crippen LogP contribution is 2.27. The van der Waals surface area contributed by atoms with E-state index in [-0.39, 0.29) is 22.5 Å². The predicted molar refractivity (Wildman–Crippen MR) is 170 cm³/mol. The Bertz CT molecular complexity index is 1560. The average Bonchev–Trinajstić information content (AvgIpc) is 2.89. The molecule has 0 aliphatic carbocycles. The number of hydrogen-bond donors (Lipinski definition) is 1. The molecular formula is C33H44N4O6S. The van der Waals surface area contributed by atoms with Crippen LogP contribution in [-0.4, -0.2) is 48.2 Å². The van der Waals surface area contributed by atoms with Crippen molar-refractivity contribution in [1.29, 1.82) is 0 Å². The SMILES string of the molecule is CC(C)(C)OC(=O)CN(C(=O)OC(C)(C)C)c1cccc(C(Cc2cccc(C(C)(C)C)c2)NS(=O)(=O)c2cccnc2)n1. The van der Waals surface area contributed by atoms with Gasteiger partial charge in [0.25, 0.3) is 0 Å². The molecule has 0 aliphatic rings. The number of rotatable bonds is 9. The first-order chi connectivity index (χ1) is 20.2. The lowest BCUT2D eigenvalue weighted by Gasteiger charge is -2.28. The van der Waals surface area contributed by atoms with E-state index in [0.29, 0.717) is 5.69 Å². The van der Waals surface area contributed by atoms with Crippen LogP contribution in [0.25, 0.3) is 0 Å². The van der Waals surface area contributed by atoms with Crippen molar-refractivity contribution in [2.75, 3.05) is 11.4 Å². The number of sulfonamides is 1. The van der Waals surface area contributed by atoms with E-state index in [2.05, 4.69) is 30.5 Å². The molecule has 1 atom stereocenters. The summed E-state index contributed by atoms with van der Waals surface area (Å²) in [5.74, 6) is -0.542. The van der Waals surface area contributed by atoms with Gasteiger partial charge in [-0.2, -0.15) is 0 Å². The molecule has 238 valence electrons. The van der Waals surface area contributed by atoms with Gasteiger partial charge in [0.15, 0.2) is 0 Å². The molecule has 0 bridgehead atoms. The zero-order valence-corrected chi connectivity index (χ0v) is 27.9. The zero-order valence-electron chi connectivity index (χ0n) is 27.0. The third-order valence-corrected chi connectivity index (χ3v) is 7.64. The Hall–Kier alpha value is -3.83. The Morgan fingerprint density at radius 2 is 1.55 bits per heavy atom. The predicted octanol–water partition coefficient (Wildman–Crippen LogP) is 6.12. The molecule has 1 aromatic carbocycles. The van der Waals surface area contributed by atoms with Crippen LogP contribution in [0, 0.1) is 0 Å². The van der Waals surface area contributed by atoms with E-state index in [1.807, 2.05) is 24.3 Å². The van der Waals surface area contributed by atoms with E-state index in [1.165, 1.54) is 18.5 Å². The maximum atomic E-state index is 13.5. The van der Waals surface area contributed by atoms with E-state index in [9.17, 15) is 18.0 Å². The number of ether oxygens (including phenoxy) is 2. The summed E-state index contributed by atoms with van der Waals surface area (Å²) in [4.78, 5) is 35.9. The molecule has 0 spiro atoms. The Labute approximate surface area is 261 Å². The second-order valence-corrected chi connectivity index (χ2v) is 15.3. The summed E-state index contributed by atoms with van der Waals surface area (Å²) >= 11 is 0. The summed E-state index contributed by atoms with van der Waals surface area (Å²) in [6.45, 7) is 16.2. The molecule has 11 heteroatoms. The van der Waals surface area contributed by atoms with Crippen LogP contribution in [0.5, 0.6) is 0 Å². The molecule has 10 nitrogen and oxygen atoms in total. The molecule has 0 fully saturated rings. The first kappa shape index (κ1) is 34.7. The van der Waals surface area contributed by atoms with Gasteiger partial charge < -0.3 is 9.47 Å². The summed E-state index contributed by atoms with van der Waals surface area (Å²) in [6, 6.07) is 15.0. The Morgan fingerprint density at radius 3 is 2.14 bits per heavy atom. The highest BCUT2D eigenvalue weighted by molar-refractivity contribution is 7.89. The van der Waals surface area contributed by atoms with Crippen molar-refractivity contribution in [1.82, 2.24) is 14.7 Å². The molecule has 2 heterocycles. The number of pyridine rings is 2. The van der Waals surface area contributed by atoms with Gasteiger partial charge in [0.2, 0.25) is 10.0 Å². The lowest BCUT2D eigenvalue weighted by Crippen LogP contribution is -2.42. The third-order valence-electron chi connectivity index (χ3n) is 6.19. The lowest BCUT2D eigenvalue weighted by atomic mass is 9.85. The molecule has 0 saturated heterocycles. The van der Waals surface area contributed by atoms with E-state index in [4.69, 9.17) is 14.5 Å². The average molecular weight is 625 g/mol. The zero-order chi connectivity index (χ0) is 32.9. The molecule has 1 N–H and O–H groups in total. The minimum absolute atomic E-state index is 0.00454. The fourth-order valence-electron chi connectivity index (χ4n) is 4.21. The van der Waals surface area contributed by atoms with Crippen molar-refractivity contribution in [3.8, 4) is 0 Å². The van der Waals surface area contributed by atoms with Crippen LogP contribution < -0.4 is 9.62 Å². The second-order valence-electron chi connectivity index (χ2n) is 13.6. The van der Waals surface area contributed by atoms with E-state index in [0.717, 1.165) is 16.0 Å². The summed E-state index contributed by atoms with van der Waals surface area (Å²) in [6.07, 6.45) is 2.24. The normalized spacial score (nSPS) is 13.2. The molecule has 0 radical (unpaired) electrons. The molecule has 3 rings (SSSR count). The monoisotopic (exact) mass is 624 g/mol. The number of nitrogens with one attached hydrogen (secondary N) is 1. The Balaban J connectivity index is 2.08. The van der Waals surface area contributed by atoms with Crippen molar-refractivity contribution < 1.29 is 27.5 Å². The van der Waals surface area contributed by atoms with Gasteiger partial charge in [0.05, 0.1) is 11.7 Å². The third kappa shape index (κ3) is 10.4. The van der Waals surface area contributed by atoms with E-state index in [1.54, 1.807) is 65.8 Å². The largest absolute Gasteiger partial charge is 0.459 e. The highest BCUT2D eigenvalue weighted by atomic mass is 32.2. The van der Waals surface area contributed by atoms with Crippen LogP contribution in [-0.2, 0) is 36.1 Å². The van der Waals surface area contributed by atoms with Crippen molar-refractivity contribution in [2.24, 2.45) is 0 Å². The minimum atomic E-state index is -4.01. The van der Waals surface area contributed by atoms with Crippen molar-refractivity contribution in [3.63, 3.8) is 0 Å². The molecule has 0 aliphatic heterocycles. The number of amides is 1. The summed E-state index contributed by atoms with van der Waals surface area (Å²) < 4.78 is 40.8. The van der Waals surface area contributed by atoms with Crippen LogP contribution in [0.15, 0.2) is 71.9 Å². The molecule has 1 amide bonds. The number of carbonyl (C=O) groups is 2. The summed E-state index contributed by atoms with van der Waals surface area (Å²) in [5.41, 5.74) is 0.590. The van der Waals surface area contributed by atoms with Crippen LogP contribution in [0.3, 0.4) is 0 Å². The Morgan fingerprint density at radius 1 is 0.886 bits per heavy atom. The van der Waals surface area contributed by atoms with Crippen LogP contribution in [0.4, 0.5) is 10.6 Å². The number of hydrogen-bond acceptors (Lipinski definition) is 8. The van der Waals surface area contributed by atoms with Gasteiger partial charge in [0.1, 0.15) is 28.5 Å². The van der Waals surface area contributed by atoms with Gasteiger partial charge in [-0.05, 0) is 88.8 Å². The molecule has 2 aromatic heterocycles. The first-order valence-electron chi connectivity index (χ1n) is 14.4. The minimum Gasteiger partial charge on any atom is -0.459 e. The number of nitrogens with zero attached hydrogens (tertiary/aromatic N) is 3. The number of aromatic nitrogens is 2. The van der Waals surface area contributed by atoms with Gasteiger partial charge in [-0.15, -0.1) is 0 Å². The number of anilines is 1. The maximum Gasteiger partial charge on any atom is 0.416 e. The van der Waals surface area contributed by atoms with Crippen LogP contribution in [0.2, 0.25) is 0 Å². The van der Waals surface area contributed by atoms with Crippen molar-refractivity contribution in [2.45, 2.75) is 96.3 Å². The number of benzene rings is 1. The second kappa shape index (κ2) is 13.4. The topological polar surface area (TPSA) is 128 Å². The smallest absolute Gasteiger partial charge is 0.416 e. The molecule has 3 aromatic rings. The van der Waals surface area contributed by atoms with Crippen LogP contribution >= 0.6 is 0 Å². The van der Waals surface area contributed by atoms with E-state index < -0.39 is 45.9 Å². The van der Waals surface area contributed by atoms with Crippen molar-refractivity contribution >= 4 is 27.9 Å². The van der Waals surface area contributed by atoms with Gasteiger partial charge in [-0.3, -0.25) is 14.7 Å². The van der Waals surface area contributed by atoms with E-state index >= 15 is 0 Å². The first-order valence-corrected chi connectivity index (χ1v) is 15.9. The standard InChI is InChI=1S/C33H44N4O6S/c1-31(2,3)24-14-10-13-23(19-24)20-27(36-44(40,41)25-15-12-18-34-21-25)26-16-11-17-28(35-26)37(30(39)43-33(7,8)9)22-29(38)42-32(4,5)6/h10-19,21,27,36H,20,22H2,1-9H3. The number of carbonyl (C=O) groups excluding carboxylic acids is 2. The van der Waals surface area contributed by atoms with Crippen LogP contribution in [0.1, 0.15) is 85.2 Å². The molecule has 1 unspecified atom stereocenters. The van der Waals surface area contributed by atoms with Crippen molar-refractivity contribution in [3.05, 3.63) is 83.8 Å². The van der Waals surface area contributed by atoms with Gasteiger partial charge in [0, 0.05) is 12.4 Å². The molecular weight excluding hydrogens is 580 g/mol. The van der Waals surface area contributed by atoms with Gasteiger partial charge >= 0.3 is 12.1 Å².